The van der Waals surface area contributed by atoms with Crippen molar-refractivity contribution in [1.82, 2.24) is 4.98 Å². The Kier molecular flexibility index (Phi) is 16.9. The van der Waals surface area contributed by atoms with Crippen molar-refractivity contribution in [2.45, 2.75) is 69.8 Å². The number of alkyl halides is 24. The van der Waals surface area contributed by atoms with E-state index in [9.17, 15) is 110 Å². The second-order valence-electron chi connectivity index (χ2n) is 17.9. The molecule has 4 nitrogen and oxygen atoms in total. The van der Waals surface area contributed by atoms with Gasteiger partial charge in [0.15, 0.2) is 6.20 Å². The summed E-state index contributed by atoms with van der Waals surface area (Å²) in [6, 6.07) is 6.34. The third-order valence-corrected chi connectivity index (χ3v) is 12.4. The maximum absolute atomic E-state index is 14.2. The van der Waals surface area contributed by atoms with Gasteiger partial charge >= 0.3 is 55.3 Å². The predicted octanol–water partition coefficient (Wildman–Crippen LogP) is 14.9. The first-order valence-electron chi connectivity index (χ1n) is 22.4. The van der Waals surface area contributed by atoms with Gasteiger partial charge < -0.3 is 4.74 Å². The number of rotatable bonds is 9. The first kappa shape index (κ1) is 62.5. The molecule has 0 saturated heterocycles. The zero-order valence-electron chi connectivity index (χ0n) is 40.3. The molecule has 0 radical (unpaired) electrons. The lowest BCUT2D eigenvalue weighted by Gasteiger charge is -2.46. The second-order valence-corrected chi connectivity index (χ2v) is 17.9. The number of hydrogen-bond acceptors (Lipinski definition) is 3. The fraction of sp³-hybridized carbons (Fsp3) is 0.212. The van der Waals surface area contributed by atoms with Crippen LogP contribution in [0.1, 0.15) is 66.0 Å². The minimum absolute atomic E-state index is 0.0256. The van der Waals surface area contributed by atoms with E-state index in [1.165, 1.54) is 0 Å². The lowest BCUT2D eigenvalue weighted by molar-refractivity contribution is -0.687. The Bertz CT molecular complexity index is 2990. The van der Waals surface area contributed by atoms with Crippen LogP contribution in [0.15, 0.2) is 140 Å². The number of benzene rings is 6. The normalized spacial score (nSPS) is 13.2. The molecule has 0 amide bonds. The van der Waals surface area contributed by atoms with Crippen LogP contribution in [-0.2, 0) is 56.0 Å². The number of hydrogen-bond donors (Lipinski definition) is 0. The number of aryl methyl sites for hydroxylation is 1. The molecular weight excluding hydrogens is 1150 g/mol. The molecule has 0 aliphatic rings. The van der Waals surface area contributed by atoms with E-state index < -0.39 is 195 Å². The molecule has 0 spiro atoms. The van der Waals surface area contributed by atoms with E-state index in [0.717, 1.165) is 16.9 Å². The van der Waals surface area contributed by atoms with Crippen LogP contribution in [0.3, 0.4) is 0 Å². The predicted molar refractivity (Wildman–Crippen MR) is 241 cm³/mol. The van der Waals surface area contributed by atoms with Gasteiger partial charge in [0, 0.05) is 5.56 Å². The van der Waals surface area contributed by atoms with Crippen LogP contribution in [-0.4, -0.2) is 16.9 Å². The van der Waals surface area contributed by atoms with Crippen molar-refractivity contribution in [2.75, 3.05) is 0 Å². The molecule has 0 fully saturated rings. The average molecular weight is 1180 g/mol. The molecule has 0 aliphatic heterocycles. The van der Waals surface area contributed by atoms with Gasteiger partial charge in [-0.3, -0.25) is 4.79 Å². The summed E-state index contributed by atoms with van der Waals surface area (Å²) in [4.78, 5) is 16.6. The van der Waals surface area contributed by atoms with Crippen LogP contribution in [0.4, 0.5) is 105 Å². The summed E-state index contributed by atoms with van der Waals surface area (Å²) in [7, 11) is 0. The van der Waals surface area contributed by atoms with Crippen LogP contribution in [0.5, 0.6) is 11.6 Å². The van der Waals surface area contributed by atoms with Crippen LogP contribution >= 0.6 is 0 Å². The van der Waals surface area contributed by atoms with Crippen molar-refractivity contribution in [1.29, 1.82) is 0 Å². The van der Waals surface area contributed by atoms with Crippen molar-refractivity contribution >= 4 is 33.8 Å². The summed E-state index contributed by atoms with van der Waals surface area (Å²) in [6.07, 6.45) is -49.8. The molecule has 1 aromatic heterocycles. The van der Waals surface area contributed by atoms with Gasteiger partial charge in [0.1, 0.15) is 18.1 Å². The molecule has 1 heterocycles. The maximum Gasteiger partial charge on any atom is 0.416 e. The number of aromatic nitrogens is 2. The summed E-state index contributed by atoms with van der Waals surface area (Å²) in [6.45, 7) is 4.26. The van der Waals surface area contributed by atoms with Gasteiger partial charge in [-0.2, -0.15) is 132 Å². The SMILES string of the molecule is Cc1cccc(Oc2cncc[n+]2CC(=O)c2ccccc2)c1C.FC(F)(F)c1cc([B-](c2cc(C(F)(F)F)cc(C(F)(F)F)c2)(c2cc(C(F)(F)F)cc(C(F)(F)F)c2)c2cc(C(F)(F)F)cc(C(F)(F)F)c2)cc(C(F)(F)F)c1. The van der Waals surface area contributed by atoms with Gasteiger partial charge in [0.25, 0.3) is 0 Å². The summed E-state index contributed by atoms with van der Waals surface area (Å²) in [5.74, 6) is 1.33. The number of halogens is 24. The molecule has 0 unspecified atom stereocenters. The van der Waals surface area contributed by atoms with Gasteiger partial charge in [0.2, 0.25) is 12.3 Å². The van der Waals surface area contributed by atoms with E-state index in [-0.39, 0.29) is 12.3 Å². The van der Waals surface area contributed by atoms with Gasteiger partial charge in [-0.25, -0.2) is 4.98 Å². The standard InChI is InChI=1S/C32H12BF24.C20H19N2O2/c34-25(35,36)13-1-14(26(37,38)39)6-21(5-13)33(22-7-15(27(40,41)42)2-16(8-22)28(43,44)45,23-9-17(29(46,47)48)3-18(10-23)30(49,50)51)24-11-19(31(52,53)54)4-20(12-24)32(55,56)57;1-15-7-6-10-19(16(15)2)24-20-13-21-11-12-22(20)14-18(23)17-8-4-3-5-9-17/h1-12H;3-13H,14H2,1-2H3/q-1;+1. The number of carbonyl (C=O) groups is 1. The first-order chi connectivity index (χ1) is 36.9. The molecule has 7 aromatic rings. The lowest BCUT2D eigenvalue weighted by Crippen LogP contribution is -2.75. The van der Waals surface area contributed by atoms with Crippen molar-refractivity contribution in [3.8, 4) is 11.6 Å². The summed E-state index contributed by atoms with van der Waals surface area (Å²) in [5, 5.41) is 0. The van der Waals surface area contributed by atoms with Gasteiger partial charge in [-0.15, -0.1) is 0 Å². The highest BCUT2D eigenvalue weighted by Gasteiger charge is 2.47. The molecule has 0 bridgehead atoms. The Hall–Kier alpha value is -7.75. The highest BCUT2D eigenvalue weighted by atomic mass is 19.4. The van der Waals surface area contributed by atoms with Crippen LogP contribution < -0.4 is 31.2 Å². The molecule has 432 valence electrons. The van der Waals surface area contributed by atoms with Crippen LogP contribution in [0.25, 0.3) is 0 Å². The molecule has 0 aliphatic carbocycles. The quantitative estimate of drug-likeness (QED) is 0.0626. The van der Waals surface area contributed by atoms with Crippen LogP contribution in [0.2, 0.25) is 0 Å². The Morgan fingerprint density at radius 1 is 0.432 bits per heavy atom. The minimum Gasteiger partial charge on any atom is -0.404 e. The number of carbonyl (C=O) groups excluding carboxylic acids is 1. The maximum atomic E-state index is 14.2. The molecule has 0 saturated carbocycles. The fourth-order valence-corrected chi connectivity index (χ4v) is 8.48. The number of ether oxygens (including phenoxy) is 1. The largest absolute Gasteiger partial charge is 0.416 e. The Balaban J connectivity index is 0.000000363. The first-order valence-corrected chi connectivity index (χ1v) is 22.4. The van der Waals surface area contributed by atoms with Crippen molar-refractivity contribution in [3.05, 3.63) is 201 Å². The van der Waals surface area contributed by atoms with Gasteiger partial charge in [0.05, 0.1) is 50.7 Å². The summed E-state index contributed by atoms with van der Waals surface area (Å²) < 4.78 is 349. The fourth-order valence-electron chi connectivity index (χ4n) is 8.48. The number of nitrogens with zero attached hydrogens (tertiary/aromatic N) is 2. The lowest BCUT2D eigenvalue weighted by atomic mass is 9.12. The number of ketones is 1. The van der Waals surface area contributed by atoms with E-state index >= 15 is 0 Å². The minimum atomic E-state index is -6.13. The Morgan fingerprint density at radius 3 is 1.04 bits per heavy atom. The average Bonchev–Trinajstić information content (AvgIpc) is 3.35. The van der Waals surface area contributed by atoms with Crippen molar-refractivity contribution in [2.24, 2.45) is 0 Å². The Morgan fingerprint density at radius 2 is 0.741 bits per heavy atom. The van der Waals surface area contributed by atoms with E-state index in [0.29, 0.717) is 11.4 Å². The van der Waals surface area contributed by atoms with Crippen molar-refractivity contribution in [3.63, 3.8) is 0 Å². The Labute approximate surface area is 440 Å². The van der Waals surface area contributed by atoms with Crippen molar-refractivity contribution < 1.29 is 119 Å². The second kappa shape index (κ2) is 22.0. The van der Waals surface area contributed by atoms with E-state index in [2.05, 4.69) is 4.98 Å². The van der Waals surface area contributed by atoms with Gasteiger partial charge in [-0.05, 0) is 55.3 Å². The highest BCUT2D eigenvalue weighted by molar-refractivity contribution is 7.20. The summed E-state index contributed by atoms with van der Waals surface area (Å²) >= 11 is 0. The van der Waals surface area contributed by atoms with Gasteiger partial charge in [-0.1, -0.05) is 91.0 Å². The monoisotopic (exact) mass is 1180 g/mol. The molecular formula is C52H31BF24N2O2. The molecule has 81 heavy (non-hydrogen) atoms. The molecule has 0 N–H and O–H groups in total. The molecule has 7 rings (SSSR count). The topological polar surface area (TPSA) is 43.1 Å². The zero-order chi connectivity index (χ0) is 60.9. The third kappa shape index (κ3) is 14.4. The molecule has 0 atom stereocenters. The van der Waals surface area contributed by atoms with E-state index in [4.69, 9.17) is 4.74 Å². The summed E-state index contributed by atoms with van der Waals surface area (Å²) in [5.41, 5.74) is -27.3. The highest BCUT2D eigenvalue weighted by Crippen LogP contribution is 2.41. The zero-order valence-corrected chi connectivity index (χ0v) is 40.3. The van der Waals surface area contributed by atoms with Crippen LogP contribution in [0, 0.1) is 13.8 Å². The molecule has 29 heteroatoms. The van der Waals surface area contributed by atoms with E-state index in [1.807, 2.05) is 62.4 Å². The molecule has 6 aromatic carbocycles. The smallest absolute Gasteiger partial charge is 0.404 e. The third-order valence-electron chi connectivity index (χ3n) is 12.4. The number of Topliss-reactive ketones (excluding diaryl/α,β-unsaturated/α-hetero) is 1. The van der Waals surface area contributed by atoms with E-state index in [1.54, 1.807) is 23.2 Å².